The number of benzene rings is 1. The summed E-state index contributed by atoms with van der Waals surface area (Å²) in [7, 11) is -6.46. The lowest BCUT2D eigenvalue weighted by atomic mass is 10.2. The number of carbonyl (C=O) groups excluding carboxylic acids is 2. The van der Waals surface area contributed by atoms with Crippen LogP contribution in [0.4, 0.5) is 0 Å². The molecule has 0 radical (unpaired) electrons. The van der Waals surface area contributed by atoms with E-state index in [2.05, 4.69) is 9.84 Å². The summed E-state index contributed by atoms with van der Waals surface area (Å²) in [5, 5.41) is 2.82. The largest absolute Gasteiger partial charge is 0.524 e. The Kier molecular flexibility index (Phi) is 11.0. The number of rotatable bonds is 12. The van der Waals surface area contributed by atoms with Crippen LogP contribution in [0.2, 0.25) is 0 Å². The van der Waals surface area contributed by atoms with Gasteiger partial charge in [0.2, 0.25) is 15.1 Å². The van der Waals surface area contributed by atoms with E-state index in [1.807, 2.05) is 11.8 Å². The number of hydrogen-bond acceptors (Lipinski definition) is 8. The van der Waals surface area contributed by atoms with Gasteiger partial charge < -0.3 is 9.84 Å². The second-order valence-electron chi connectivity index (χ2n) is 8.04. The SMILES string of the molecule is CCCCN(C)S(=O)(=O)CCCN1CC(=O)SC[C@H](NC(=O)c2ccc(OP(=O)(O)O)cc2)C1. The van der Waals surface area contributed by atoms with Crippen LogP contribution in [0.5, 0.6) is 5.75 Å². The molecule has 34 heavy (non-hydrogen) atoms. The number of unbranched alkanes of at least 4 members (excludes halogenated alkanes) is 1. The zero-order chi connectivity index (χ0) is 25.4. The van der Waals surface area contributed by atoms with Crippen LogP contribution in [0.15, 0.2) is 24.3 Å². The Hall–Kier alpha value is -1.47. The number of carbonyl (C=O) groups is 2. The fourth-order valence-corrected chi connectivity index (χ4v) is 5.79. The zero-order valence-electron chi connectivity index (χ0n) is 19.3. The van der Waals surface area contributed by atoms with Gasteiger partial charge in [0.1, 0.15) is 5.75 Å². The summed E-state index contributed by atoms with van der Waals surface area (Å²) in [4.78, 5) is 44.3. The van der Waals surface area contributed by atoms with E-state index in [4.69, 9.17) is 9.79 Å². The Balaban J connectivity index is 1.91. The van der Waals surface area contributed by atoms with E-state index in [0.29, 0.717) is 31.8 Å². The number of hydrogen-bond donors (Lipinski definition) is 3. The number of nitrogens with zero attached hydrogens (tertiary/aromatic N) is 2. The minimum absolute atomic E-state index is 0.00882. The number of nitrogens with one attached hydrogen (secondary N) is 1. The molecule has 1 aliphatic rings. The fourth-order valence-electron chi connectivity index (χ4n) is 3.33. The van der Waals surface area contributed by atoms with Gasteiger partial charge in [-0.3, -0.25) is 24.3 Å². The lowest BCUT2D eigenvalue weighted by molar-refractivity contribution is -0.111. The van der Waals surface area contributed by atoms with Crippen LogP contribution in [0.1, 0.15) is 36.5 Å². The maximum Gasteiger partial charge on any atom is 0.524 e. The van der Waals surface area contributed by atoms with Crippen LogP contribution < -0.4 is 9.84 Å². The zero-order valence-corrected chi connectivity index (χ0v) is 21.8. The molecule has 1 atom stereocenters. The molecular weight excluding hydrogens is 505 g/mol. The van der Waals surface area contributed by atoms with Crippen LogP contribution in [0, 0.1) is 0 Å². The first-order valence-electron chi connectivity index (χ1n) is 10.9. The second kappa shape index (κ2) is 13.0. The molecule has 0 spiro atoms. The average Bonchev–Trinajstić information content (AvgIpc) is 2.91. The standard InChI is InChI=1S/C20H32N3O8PS2/c1-3-4-10-22(2)34(29,30)12-5-11-23-13-17(15-33-19(24)14-23)21-20(25)16-6-8-18(9-7-16)31-32(26,27)28/h6-9,17H,3-5,10-15H2,1-2H3,(H,21,25)(H2,26,27,28)/t17-/m1/s1. The number of thioether (sulfide) groups is 1. The second-order valence-corrected chi connectivity index (χ2v) is 12.5. The molecular formula is C20H32N3O8PS2. The molecule has 1 saturated heterocycles. The summed E-state index contributed by atoms with van der Waals surface area (Å²) in [5.74, 6) is -0.0892. The highest BCUT2D eigenvalue weighted by Gasteiger charge is 2.25. The van der Waals surface area contributed by atoms with Gasteiger partial charge in [-0.25, -0.2) is 17.3 Å². The first-order valence-corrected chi connectivity index (χ1v) is 15.0. The van der Waals surface area contributed by atoms with Crippen molar-refractivity contribution in [3.05, 3.63) is 29.8 Å². The van der Waals surface area contributed by atoms with Gasteiger partial charge in [-0.05, 0) is 43.7 Å². The Labute approximate surface area is 204 Å². The highest BCUT2D eigenvalue weighted by atomic mass is 32.2. The molecule has 11 nitrogen and oxygen atoms in total. The Morgan fingerprint density at radius 3 is 2.59 bits per heavy atom. The van der Waals surface area contributed by atoms with E-state index >= 15 is 0 Å². The van der Waals surface area contributed by atoms with Crippen molar-refractivity contribution in [3.63, 3.8) is 0 Å². The summed E-state index contributed by atoms with van der Waals surface area (Å²) >= 11 is 1.12. The smallest absolute Gasteiger partial charge is 0.404 e. The van der Waals surface area contributed by atoms with Crippen molar-refractivity contribution in [1.82, 2.24) is 14.5 Å². The molecule has 0 unspecified atom stereocenters. The summed E-state index contributed by atoms with van der Waals surface area (Å²) in [5.41, 5.74) is 0.270. The van der Waals surface area contributed by atoms with E-state index in [1.54, 1.807) is 7.05 Å². The van der Waals surface area contributed by atoms with Crippen molar-refractivity contribution in [2.45, 2.75) is 32.2 Å². The molecule has 192 valence electrons. The summed E-state index contributed by atoms with van der Waals surface area (Å²) < 4.78 is 41.5. The number of sulfonamides is 1. The first-order chi connectivity index (χ1) is 15.9. The van der Waals surface area contributed by atoms with Crippen molar-refractivity contribution in [2.75, 3.05) is 44.7 Å². The molecule has 1 aliphatic heterocycles. The predicted octanol–water partition coefficient (Wildman–Crippen LogP) is 1.28. The van der Waals surface area contributed by atoms with Gasteiger partial charge in [0.15, 0.2) is 0 Å². The maximum absolute atomic E-state index is 12.6. The van der Waals surface area contributed by atoms with Crippen molar-refractivity contribution in [3.8, 4) is 5.75 Å². The quantitative estimate of drug-likeness (QED) is 0.332. The summed E-state index contributed by atoms with van der Waals surface area (Å²) in [6.07, 6.45) is 2.08. The highest BCUT2D eigenvalue weighted by molar-refractivity contribution is 8.13. The molecule has 1 aromatic rings. The average molecular weight is 538 g/mol. The van der Waals surface area contributed by atoms with E-state index in [0.717, 1.165) is 24.6 Å². The third kappa shape index (κ3) is 10.0. The molecule has 1 fully saturated rings. The van der Waals surface area contributed by atoms with Crippen molar-refractivity contribution >= 4 is 40.6 Å². The van der Waals surface area contributed by atoms with Crippen molar-refractivity contribution in [1.29, 1.82) is 0 Å². The summed E-state index contributed by atoms with van der Waals surface area (Å²) in [6.45, 7) is 3.47. The molecule has 1 amide bonds. The lowest BCUT2D eigenvalue weighted by Gasteiger charge is -2.24. The third-order valence-electron chi connectivity index (χ3n) is 5.13. The molecule has 14 heteroatoms. The molecule has 0 aromatic heterocycles. The van der Waals surface area contributed by atoms with Gasteiger partial charge in [-0.1, -0.05) is 25.1 Å². The Bertz CT molecular complexity index is 984. The van der Waals surface area contributed by atoms with Gasteiger partial charge in [0, 0.05) is 31.5 Å². The molecule has 1 heterocycles. The minimum Gasteiger partial charge on any atom is -0.404 e. The Morgan fingerprint density at radius 1 is 1.29 bits per heavy atom. The Morgan fingerprint density at radius 2 is 1.97 bits per heavy atom. The van der Waals surface area contributed by atoms with E-state index in [1.165, 1.54) is 28.6 Å². The van der Waals surface area contributed by atoms with Crippen LogP contribution in [0.3, 0.4) is 0 Å². The van der Waals surface area contributed by atoms with Crippen LogP contribution >= 0.6 is 19.6 Å². The van der Waals surface area contributed by atoms with Crippen molar-refractivity contribution in [2.24, 2.45) is 0 Å². The van der Waals surface area contributed by atoms with Gasteiger partial charge in [0.25, 0.3) is 5.91 Å². The minimum atomic E-state index is -4.69. The number of amides is 1. The lowest BCUT2D eigenvalue weighted by Crippen LogP contribution is -2.45. The van der Waals surface area contributed by atoms with Gasteiger partial charge in [0.05, 0.1) is 18.3 Å². The topological polar surface area (TPSA) is 154 Å². The predicted molar refractivity (Wildman–Crippen MR) is 130 cm³/mol. The van der Waals surface area contributed by atoms with Gasteiger partial charge in [-0.15, -0.1) is 0 Å². The van der Waals surface area contributed by atoms with Crippen LogP contribution in [-0.4, -0.2) is 89.2 Å². The van der Waals surface area contributed by atoms with Crippen molar-refractivity contribution < 1.29 is 36.9 Å². The number of phosphoric acid groups is 1. The monoisotopic (exact) mass is 537 g/mol. The van der Waals surface area contributed by atoms with Crippen LogP contribution in [0.25, 0.3) is 0 Å². The molecule has 0 aliphatic carbocycles. The first kappa shape index (κ1) is 28.8. The maximum atomic E-state index is 12.6. The normalized spacial score (nSPS) is 18.0. The molecule has 1 aromatic carbocycles. The van der Waals surface area contributed by atoms with E-state index in [-0.39, 0.29) is 34.8 Å². The van der Waals surface area contributed by atoms with Gasteiger partial charge in [-0.2, -0.15) is 0 Å². The molecule has 2 rings (SSSR count). The number of phosphoric ester groups is 1. The van der Waals surface area contributed by atoms with Gasteiger partial charge >= 0.3 is 7.82 Å². The molecule has 0 bridgehead atoms. The molecule has 3 N–H and O–H groups in total. The van der Waals surface area contributed by atoms with E-state index < -0.39 is 23.8 Å². The van der Waals surface area contributed by atoms with Crippen LogP contribution in [-0.2, 0) is 19.4 Å². The van der Waals surface area contributed by atoms with E-state index in [9.17, 15) is 22.6 Å². The fraction of sp³-hybridized carbons (Fsp3) is 0.600. The molecule has 0 saturated carbocycles. The summed E-state index contributed by atoms with van der Waals surface area (Å²) in [6, 6.07) is 4.99. The third-order valence-corrected chi connectivity index (χ3v) is 8.54. The highest BCUT2D eigenvalue weighted by Crippen LogP contribution is 2.37.